The van der Waals surface area contributed by atoms with Gasteiger partial charge in [-0.05, 0) is 51.7 Å². The third-order valence-corrected chi connectivity index (χ3v) is 4.57. The summed E-state index contributed by atoms with van der Waals surface area (Å²) in [7, 11) is 3.66. The van der Waals surface area contributed by atoms with Crippen molar-refractivity contribution in [2.45, 2.75) is 38.1 Å². The molecule has 2 fully saturated rings. The number of nitrogens with one attached hydrogen (secondary N) is 1. The van der Waals surface area contributed by atoms with E-state index in [1.165, 1.54) is 26.4 Å². The molecule has 18 heavy (non-hydrogen) atoms. The summed E-state index contributed by atoms with van der Waals surface area (Å²) < 4.78 is 4.98. The molecule has 0 aromatic rings. The first-order valence-corrected chi connectivity index (χ1v) is 7.20. The van der Waals surface area contributed by atoms with Gasteiger partial charge in [-0.3, -0.25) is 4.79 Å². The van der Waals surface area contributed by atoms with E-state index in [0.29, 0.717) is 12.0 Å². The van der Waals surface area contributed by atoms with Gasteiger partial charge in [0.05, 0.1) is 13.0 Å². The van der Waals surface area contributed by atoms with E-state index in [9.17, 15) is 4.79 Å². The summed E-state index contributed by atoms with van der Waals surface area (Å²) in [4.78, 5) is 14.3. The highest BCUT2D eigenvalue weighted by molar-refractivity contribution is 5.73. The number of ether oxygens (including phenoxy) is 1. The second-order valence-electron chi connectivity index (χ2n) is 5.81. The Morgan fingerprint density at radius 3 is 2.50 bits per heavy atom. The van der Waals surface area contributed by atoms with E-state index in [1.54, 1.807) is 0 Å². The molecule has 4 nitrogen and oxygen atoms in total. The summed E-state index contributed by atoms with van der Waals surface area (Å²) >= 11 is 0. The van der Waals surface area contributed by atoms with Gasteiger partial charge in [0.2, 0.25) is 0 Å². The van der Waals surface area contributed by atoms with Crippen LogP contribution in [-0.2, 0) is 9.53 Å². The highest BCUT2D eigenvalue weighted by Crippen LogP contribution is 2.26. The first-order chi connectivity index (χ1) is 8.70. The van der Waals surface area contributed by atoms with Crippen molar-refractivity contribution in [3.8, 4) is 0 Å². The minimum atomic E-state index is -0.0311. The Balaban J connectivity index is 1.84. The summed E-state index contributed by atoms with van der Waals surface area (Å²) in [6.07, 6.45) is 6.09. The number of hydrogen-bond acceptors (Lipinski definition) is 4. The molecule has 1 saturated heterocycles. The maximum Gasteiger partial charge on any atom is 0.310 e. The van der Waals surface area contributed by atoms with Crippen LogP contribution in [0.15, 0.2) is 0 Å². The van der Waals surface area contributed by atoms with Crippen LogP contribution in [0.1, 0.15) is 32.1 Å². The fourth-order valence-electron chi connectivity index (χ4n) is 2.93. The molecule has 2 rings (SSSR count). The molecule has 0 spiro atoms. The molecule has 0 amide bonds. The molecule has 0 aromatic carbocycles. The third-order valence-electron chi connectivity index (χ3n) is 4.57. The van der Waals surface area contributed by atoms with Crippen LogP contribution in [0.5, 0.6) is 0 Å². The summed E-state index contributed by atoms with van der Waals surface area (Å²) in [6, 6.07) is 0.642. The van der Waals surface area contributed by atoms with Crippen LogP contribution >= 0.6 is 0 Å². The number of carbonyl (C=O) groups excluding carboxylic acids is 1. The van der Waals surface area contributed by atoms with Gasteiger partial charge in [-0.15, -0.1) is 0 Å². The van der Waals surface area contributed by atoms with Crippen molar-refractivity contribution < 1.29 is 9.53 Å². The van der Waals surface area contributed by atoms with Crippen molar-refractivity contribution in [3.05, 3.63) is 0 Å². The van der Waals surface area contributed by atoms with Crippen LogP contribution in [0, 0.1) is 11.8 Å². The van der Waals surface area contributed by atoms with Gasteiger partial charge in [0.1, 0.15) is 0 Å². The Hall–Kier alpha value is -0.610. The van der Waals surface area contributed by atoms with Gasteiger partial charge in [0.15, 0.2) is 0 Å². The van der Waals surface area contributed by atoms with E-state index in [0.717, 1.165) is 32.5 Å². The predicted octanol–water partition coefficient (Wildman–Crippen LogP) is 1.26. The molecule has 1 heterocycles. The van der Waals surface area contributed by atoms with Crippen molar-refractivity contribution in [3.63, 3.8) is 0 Å². The largest absolute Gasteiger partial charge is 0.469 e. The van der Waals surface area contributed by atoms with E-state index in [2.05, 4.69) is 17.3 Å². The molecule has 2 aliphatic rings. The van der Waals surface area contributed by atoms with E-state index in [1.807, 2.05) is 0 Å². The summed E-state index contributed by atoms with van der Waals surface area (Å²) in [5.74, 6) is 0.502. The van der Waals surface area contributed by atoms with Gasteiger partial charge in [-0.25, -0.2) is 0 Å². The Morgan fingerprint density at radius 1 is 1.33 bits per heavy atom. The SMILES string of the molecule is COC(=O)C(CNC1CCC1)C1CCN(C)CC1. The number of carbonyl (C=O) groups is 1. The lowest BCUT2D eigenvalue weighted by atomic mass is 9.83. The number of hydrogen-bond donors (Lipinski definition) is 1. The molecule has 0 radical (unpaired) electrons. The zero-order chi connectivity index (χ0) is 13.0. The van der Waals surface area contributed by atoms with Crippen molar-refractivity contribution in [2.24, 2.45) is 11.8 Å². The molecule has 1 aliphatic carbocycles. The molecule has 1 aliphatic heterocycles. The van der Waals surface area contributed by atoms with Crippen LogP contribution in [-0.4, -0.2) is 50.7 Å². The number of nitrogens with zero attached hydrogens (tertiary/aromatic N) is 1. The average molecular weight is 254 g/mol. The standard InChI is InChI=1S/C14H26N2O2/c1-16-8-6-11(7-9-16)13(14(17)18-2)10-15-12-4-3-5-12/h11-13,15H,3-10H2,1-2H3. The van der Waals surface area contributed by atoms with Crippen LogP contribution in [0.4, 0.5) is 0 Å². The van der Waals surface area contributed by atoms with Crippen LogP contribution < -0.4 is 5.32 Å². The first-order valence-electron chi connectivity index (χ1n) is 7.20. The van der Waals surface area contributed by atoms with E-state index in [-0.39, 0.29) is 11.9 Å². The van der Waals surface area contributed by atoms with Crippen LogP contribution in [0.2, 0.25) is 0 Å². The maximum absolute atomic E-state index is 11.9. The van der Waals surface area contributed by atoms with Gasteiger partial charge in [0.25, 0.3) is 0 Å². The fourth-order valence-corrected chi connectivity index (χ4v) is 2.93. The topological polar surface area (TPSA) is 41.6 Å². The van der Waals surface area contributed by atoms with Gasteiger partial charge in [0, 0.05) is 12.6 Å². The second kappa shape index (κ2) is 6.53. The van der Waals surface area contributed by atoms with E-state index in [4.69, 9.17) is 4.74 Å². The minimum absolute atomic E-state index is 0.0311. The lowest BCUT2D eigenvalue weighted by molar-refractivity contribution is -0.148. The Labute approximate surface area is 110 Å². The third kappa shape index (κ3) is 3.45. The Bertz CT molecular complexity index is 271. The van der Waals surface area contributed by atoms with Crippen molar-refractivity contribution in [1.82, 2.24) is 10.2 Å². The number of piperidine rings is 1. The summed E-state index contributed by atoms with van der Waals surface area (Å²) in [5, 5.41) is 3.53. The van der Waals surface area contributed by atoms with Crippen LogP contribution in [0.3, 0.4) is 0 Å². The minimum Gasteiger partial charge on any atom is -0.469 e. The molecule has 0 bridgehead atoms. The molecule has 1 saturated carbocycles. The molecule has 1 atom stereocenters. The smallest absolute Gasteiger partial charge is 0.310 e. The maximum atomic E-state index is 11.9. The molecule has 4 heteroatoms. The number of methoxy groups -OCH3 is 1. The van der Waals surface area contributed by atoms with Crippen molar-refractivity contribution in [1.29, 1.82) is 0 Å². The molecular weight excluding hydrogens is 228 g/mol. The molecule has 104 valence electrons. The second-order valence-corrected chi connectivity index (χ2v) is 5.81. The van der Waals surface area contributed by atoms with E-state index >= 15 is 0 Å². The highest BCUT2D eigenvalue weighted by atomic mass is 16.5. The van der Waals surface area contributed by atoms with Gasteiger partial charge in [-0.2, -0.15) is 0 Å². The molecule has 1 unspecified atom stereocenters. The lowest BCUT2D eigenvalue weighted by Gasteiger charge is -2.35. The fraction of sp³-hybridized carbons (Fsp3) is 0.929. The quantitative estimate of drug-likeness (QED) is 0.750. The highest BCUT2D eigenvalue weighted by Gasteiger charge is 2.32. The molecular formula is C14H26N2O2. The van der Waals surface area contributed by atoms with Crippen LogP contribution in [0.25, 0.3) is 0 Å². The Kier molecular flexibility index (Phi) is 5.01. The van der Waals surface area contributed by atoms with Gasteiger partial charge >= 0.3 is 5.97 Å². The van der Waals surface area contributed by atoms with Crippen molar-refractivity contribution in [2.75, 3.05) is 33.8 Å². The monoisotopic (exact) mass is 254 g/mol. The number of rotatable bonds is 5. The zero-order valence-electron chi connectivity index (χ0n) is 11.7. The van der Waals surface area contributed by atoms with Crippen molar-refractivity contribution >= 4 is 5.97 Å². The summed E-state index contributed by atoms with van der Waals surface area (Å²) in [5.41, 5.74) is 0. The average Bonchev–Trinajstić information content (AvgIpc) is 2.33. The van der Waals surface area contributed by atoms with E-state index < -0.39 is 0 Å². The Morgan fingerprint density at radius 2 is 2.00 bits per heavy atom. The lowest BCUT2D eigenvalue weighted by Crippen LogP contribution is -2.44. The first kappa shape index (κ1) is 13.8. The predicted molar refractivity (Wildman–Crippen MR) is 71.4 cm³/mol. The number of esters is 1. The summed E-state index contributed by atoms with van der Waals surface area (Å²) in [6.45, 7) is 2.99. The van der Waals surface area contributed by atoms with Gasteiger partial charge in [-0.1, -0.05) is 6.42 Å². The molecule has 0 aromatic heterocycles. The normalized spacial score (nSPS) is 24.6. The molecule has 1 N–H and O–H groups in total. The zero-order valence-corrected chi connectivity index (χ0v) is 11.7. The number of likely N-dealkylation sites (tertiary alicyclic amines) is 1. The van der Waals surface area contributed by atoms with Gasteiger partial charge < -0.3 is 15.0 Å².